The number of aryl methyl sites for hydroxylation is 4. The van der Waals surface area contributed by atoms with Crippen molar-refractivity contribution in [3.8, 4) is 0 Å². The van der Waals surface area contributed by atoms with Crippen LogP contribution in [0.5, 0.6) is 0 Å². The number of carbonyl (C=O) groups is 2. The Morgan fingerprint density at radius 2 is 2.14 bits per heavy atom. The zero-order valence-electron chi connectivity index (χ0n) is 16.1. The van der Waals surface area contributed by atoms with Gasteiger partial charge >= 0.3 is 0 Å². The van der Waals surface area contributed by atoms with Gasteiger partial charge in [0.15, 0.2) is 5.69 Å². The first kappa shape index (κ1) is 19.3. The second kappa shape index (κ2) is 7.78. The normalized spacial score (nSPS) is 13.4. The van der Waals surface area contributed by atoms with Gasteiger partial charge in [-0.05, 0) is 38.2 Å². The highest BCUT2D eigenvalue weighted by Crippen LogP contribution is 2.33. The smallest absolute Gasteiger partial charge is 0.271 e. The number of anilines is 1. The van der Waals surface area contributed by atoms with Crippen molar-refractivity contribution in [2.24, 2.45) is 5.73 Å². The van der Waals surface area contributed by atoms with Crippen LogP contribution in [0.2, 0.25) is 0 Å². The molecule has 1 aliphatic carbocycles. The minimum atomic E-state index is -0.703. The molecule has 29 heavy (non-hydrogen) atoms. The van der Waals surface area contributed by atoms with Gasteiger partial charge in [-0.3, -0.25) is 19.1 Å². The summed E-state index contributed by atoms with van der Waals surface area (Å²) < 4.78 is 1.53. The number of thiophene rings is 1. The molecule has 0 unspecified atom stereocenters. The maximum atomic E-state index is 12.6. The van der Waals surface area contributed by atoms with Crippen molar-refractivity contribution in [2.75, 3.05) is 5.32 Å². The predicted octanol–water partition coefficient (Wildman–Crippen LogP) is 1.75. The summed E-state index contributed by atoms with van der Waals surface area (Å²) in [5.41, 5.74) is 6.64. The maximum absolute atomic E-state index is 12.6. The molecule has 9 nitrogen and oxygen atoms in total. The van der Waals surface area contributed by atoms with E-state index in [2.05, 4.69) is 20.4 Å². The zero-order chi connectivity index (χ0) is 20.5. The number of hydrogen-bond donors (Lipinski definition) is 3. The Morgan fingerprint density at radius 3 is 2.90 bits per heavy atom. The van der Waals surface area contributed by atoms with E-state index in [4.69, 9.17) is 5.73 Å². The van der Waals surface area contributed by atoms with Crippen LogP contribution in [-0.2, 0) is 30.6 Å². The summed E-state index contributed by atoms with van der Waals surface area (Å²) in [7, 11) is 0. The standard InChI is InChI=1S/C19H22N6O3S/c1-2-25-9-11(16(24-25)17(20)27)21-14(26)8-7-13-22-18(28)15-10-5-3-4-6-12(10)29-19(15)23-13/h9H,2-8H2,1H3,(H2,20,27)(H,21,26)(H,22,23,28). The van der Waals surface area contributed by atoms with Crippen LogP contribution in [0, 0.1) is 0 Å². The Balaban J connectivity index is 1.48. The number of carbonyl (C=O) groups excluding carboxylic acids is 2. The molecule has 3 aromatic rings. The number of aromatic nitrogens is 4. The monoisotopic (exact) mass is 414 g/mol. The molecule has 0 aromatic carbocycles. The molecule has 4 N–H and O–H groups in total. The zero-order valence-corrected chi connectivity index (χ0v) is 16.9. The Labute approximate surface area is 170 Å². The van der Waals surface area contributed by atoms with Crippen molar-refractivity contribution in [3.63, 3.8) is 0 Å². The van der Waals surface area contributed by atoms with E-state index in [0.29, 0.717) is 17.8 Å². The third-order valence-corrected chi connectivity index (χ3v) is 6.24. The highest BCUT2D eigenvalue weighted by Gasteiger charge is 2.20. The highest BCUT2D eigenvalue weighted by atomic mass is 32.1. The molecule has 2 amide bonds. The van der Waals surface area contributed by atoms with Crippen molar-refractivity contribution in [1.29, 1.82) is 0 Å². The predicted molar refractivity (Wildman–Crippen MR) is 110 cm³/mol. The molecule has 0 atom stereocenters. The van der Waals surface area contributed by atoms with Crippen molar-refractivity contribution in [2.45, 2.75) is 52.0 Å². The number of hydrogen-bond acceptors (Lipinski definition) is 6. The van der Waals surface area contributed by atoms with Crippen LogP contribution in [0.25, 0.3) is 10.2 Å². The van der Waals surface area contributed by atoms with E-state index in [0.717, 1.165) is 36.1 Å². The number of nitrogens with two attached hydrogens (primary N) is 1. The lowest BCUT2D eigenvalue weighted by Gasteiger charge is -2.09. The molecule has 0 aliphatic heterocycles. The molecule has 152 valence electrons. The van der Waals surface area contributed by atoms with E-state index in [1.54, 1.807) is 17.5 Å². The third-order valence-electron chi connectivity index (χ3n) is 5.06. The van der Waals surface area contributed by atoms with Crippen LogP contribution in [0.15, 0.2) is 11.0 Å². The summed E-state index contributed by atoms with van der Waals surface area (Å²) >= 11 is 1.58. The molecule has 0 spiro atoms. The van der Waals surface area contributed by atoms with Gasteiger partial charge in [-0.2, -0.15) is 5.10 Å². The van der Waals surface area contributed by atoms with Gasteiger partial charge in [-0.25, -0.2) is 4.98 Å². The Morgan fingerprint density at radius 1 is 1.34 bits per heavy atom. The second-order valence-electron chi connectivity index (χ2n) is 7.06. The van der Waals surface area contributed by atoms with Gasteiger partial charge < -0.3 is 16.0 Å². The summed E-state index contributed by atoms with van der Waals surface area (Å²) in [5, 5.41) is 7.42. The van der Waals surface area contributed by atoms with Gasteiger partial charge in [0, 0.05) is 30.5 Å². The molecule has 10 heteroatoms. The largest absolute Gasteiger partial charge is 0.364 e. The average Bonchev–Trinajstić information content (AvgIpc) is 3.27. The SMILES string of the molecule is CCn1cc(NC(=O)CCc2nc3sc4c(c3c(=O)[nH]2)CCCC4)c(C(N)=O)n1. The van der Waals surface area contributed by atoms with Crippen molar-refractivity contribution < 1.29 is 9.59 Å². The van der Waals surface area contributed by atoms with Gasteiger partial charge in [-0.15, -0.1) is 11.3 Å². The fourth-order valence-electron chi connectivity index (χ4n) is 3.63. The van der Waals surface area contributed by atoms with Crippen molar-refractivity contribution in [1.82, 2.24) is 19.7 Å². The molecule has 3 aromatic heterocycles. The fraction of sp³-hybridized carbons (Fsp3) is 0.421. The van der Waals surface area contributed by atoms with Crippen molar-refractivity contribution in [3.05, 3.63) is 38.5 Å². The van der Waals surface area contributed by atoms with E-state index >= 15 is 0 Å². The number of fused-ring (bicyclic) bond motifs is 3. The summed E-state index contributed by atoms with van der Waals surface area (Å²) in [5.74, 6) is -0.530. The van der Waals surface area contributed by atoms with E-state index in [1.807, 2.05) is 6.92 Å². The summed E-state index contributed by atoms with van der Waals surface area (Å²) in [4.78, 5) is 45.8. The molecule has 4 rings (SSSR count). The minimum Gasteiger partial charge on any atom is -0.364 e. The van der Waals surface area contributed by atoms with E-state index in [-0.39, 0.29) is 35.7 Å². The summed E-state index contributed by atoms with van der Waals surface area (Å²) in [6.45, 7) is 2.41. The second-order valence-corrected chi connectivity index (χ2v) is 8.15. The summed E-state index contributed by atoms with van der Waals surface area (Å²) in [6, 6.07) is 0. The Hall–Kier alpha value is -3.01. The first-order chi connectivity index (χ1) is 14.0. The quantitative estimate of drug-likeness (QED) is 0.564. The number of H-pyrrole nitrogens is 1. The molecule has 0 radical (unpaired) electrons. The number of primary amides is 1. The molecule has 0 bridgehead atoms. The number of amides is 2. The van der Waals surface area contributed by atoms with Crippen LogP contribution in [0.4, 0.5) is 5.69 Å². The molecule has 3 heterocycles. The van der Waals surface area contributed by atoms with E-state index in [1.165, 1.54) is 9.56 Å². The lowest BCUT2D eigenvalue weighted by Crippen LogP contribution is -2.19. The highest BCUT2D eigenvalue weighted by molar-refractivity contribution is 7.18. The van der Waals surface area contributed by atoms with Crippen LogP contribution < -0.4 is 16.6 Å². The molecular formula is C19H22N6O3S. The molecule has 0 saturated heterocycles. The van der Waals surface area contributed by atoms with Crippen LogP contribution in [0.3, 0.4) is 0 Å². The maximum Gasteiger partial charge on any atom is 0.271 e. The van der Waals surface area contributed by atoms with Gasteiger partial charge in [-0.1, -0.05) is 0 Å². The fourth-order valence-corrected chi connectivity index (χ4v) is 4.91. The summed E-state index contributed by atoms with van der Waals surface area (Å²) in [6.07, 6.45) is 6.13. The van der Waals surface area contributed by atoms with Gasteiger partial charge in [0.25, 0.3) is 11.5 Å². The number of rotatable bonds is 6. The topological polar surface area (TPSA) is 136 Å². The number of nitrogens with one attached hydrogen (secondary N) is 2. The van der Waals surface area contributed by atoms with Gasteiger partial charge in [0.2, 0.25) is 5.91 Å². The molecular weight excluding hydrogens is 392 g/mol. The molecule has 0 saturated carbocycles. The Kier molecular flexibility index (Phi) is 5.18. The van der Waals surface area contributed by atoms with E-state index < -0.39 is 5.91 Å². The molecule has 0 fully saturated rings. The minimum absolute atomic E-state index is 0.0253. The third kappa shape index (κ3) is 3.80. The van der Waals surface area contributed by atoms with Crippen LogP contribution in [0.1, 0.15) is 52.9 Å². The Bertz CT molecular complexity index is 1160. The first-order valence-corrected chi connectivity index (χ1v) is 10.5. The van der Waals surface area contributed by atoms with Crippen molar-refractivity contribution >= 4 is 39.1 Å². The lowest BCUT2D eigenvalue weighted by atomic mass is 9.97. The van der Waals surface area contributed by atoms with Crippen LogP contribution >= 0.6 is 11.3 Å². The first-order valence-electron chi connectivity index (χ1n) is 9.66. The van der Waals surface area contributed by atoms with Gasteiger partial charge in [0.05, 0.1) is 11.1 Å². The lowest BCUT2D eigenvalue weighted by molar-refractivity contribution is -0.116. The number of aromatic amines is 1. The number of nitrogens with zero attached hydrogens (tertiary/aromatic N) is 3. The van der Waals surface area contributed by atoms with E-state index in [9.17, 15) is 14.4 Å². The average molecular weight is 414 g/mol. The molecule has 1 aliphatic rings. The van der Waals surface area contributed by atoms with Gasteiger partial charge in [0.1, 0.15) is 10.7 Å². The van der Waals surface area contributed by atoms with Crippen LogP contribution in [-0.4, -0.2) is 31.6 Å².